The first kappa shape index (κ1) is 18.4. The molecule has 1 aliphatic carbocycles. The highest BCUT2D eigenvalue weighted by Crippen LogP contribution is 2.33. The maximum atomic E-state index is 12.1. The summed E-state index contributed by atoms with van der Waals surface area (Å²) in [6.07, 6.45) is 0.666. The van der Waals surface area contributed by atoms with Crippen LogP contribution in [0.25, 0.3) is 0 Å². The summed E-state index contributed by atoms with van der Waals surface area (Å²) < 4.78 is 34.4. The molecule has 6 heteroatoms. The fourth-order valence-electron chi connectivity index (χ4n) is 2.88. The van der Waals surface area contributed by atoms with Gasteiger partial charge < -0.3 is 14.4 Å². The Morgan fingerprint density at radius 1 is 1.38 bits per heavy atom. The van der Waals surface area contributed by atoms with Crippen LogP contribution in [-0.2, 0) is 16.1 Å². The number of hydrogen-bond donors (Lipinski definition) is 0. The van der Waals surface area contributed by atoms with Gasteiger partial charge in [0.25, 0.3) is 6.43 Å². The summed E-state index contributed by atoms with van der Waals surface area (Å²) in [5, 5.41) is 0. The standard InChI is InChI=1S/C18H23F2NO3/c1-3-18(22)21(15-8-14(9-15)11-23-2)10-13-4-6-16(7-5-13)24-12-17(19)20/h3-7,14-15,17H,1,8-12H2,2H3. The van der Waals surface area contributed by atoms with E-state index in [9.17, 15) is 13.6 Å². The average Bonchev–Trinajstić information content (AvgIpc) is 2.54. The van der Waals surface area contributed by atoms with Crippen molar-refractivity contribution in [1.82, 2.24) is 4.90 Å². The van der Waals surface area contributed by atoms with Crippen LogP contribution in [-0.4, -0.2) is 43.6 Å². The highest BCUT2D eigenvalue weighted by atomic mass is 19.3. The molecular weight excluding hydrogens is 316 g/mol. The second kappa shape index (κ2) is 8.78. The molecule has 0 unspecified atom stereocenters. The minimum Gasteiger partial charge on any atom is -0.488 e. The van der Waals surface area contributed by atoms with Crippen molar-refractivity contribution in [3.05, 3.63) is 42.5 Å². The van der Waals surface area contributed by atoms with Gasteiger partial charge in [0, 0.05) is 26.3 Å². The molecule has 0 spiro atoms. The van der Waals surface area contributed by atoms with Crippen LogP contribution in [0.5, 0.6) is 5.75 Å². The molecule has 0 N–H and O–H groups in total. The van der Waals surface area contributed by atoms with Gasteiger partial charge in [-0.2, -0.15) is 0 Å². The summed E-state index contributed by atoms with van der Waals surface area (Å²) in [5.41, 5.74) is 0.921. The smallest absolute Gasteiger partial charge is 0.272 e. The summed E-state index contributed by atoms with van der Waals surface area (Å²) in [4.78, 5) is 13.9. The molecule has 0 atom stereocenters. The largest absolute Gasteiger partial charge is 0.488 e. The van der Waals surface area contributed by atoms with E-state index in [0.717, 1.165) is 18.4 Å². The number of carbonyl (C=O) groups is 1. The molecule has 0 bridgehead atoms. The number of amides is 1. The fraction of sp³-hybridized carbons (Fsp3) is 0.500. The molecule has 1 aromatic carbocycles. The summed E-state index contributed by atoms with van der Waals surface area (Å²) in [5.74, 6) is 0.781. The Balaban J connectivity index is 1.94. The normalized spacial score (nSPS) is 19.7. The van der Waals surface area contributed by atoms with Crippen LogP contribution in [0.3, 0.4) is 0 Å². The van der Waals surface area contributed by atoms with Crippen LogP contribution < -0.4 is 4.74 Å². The summed E-state index contributed by atoms with van der Waals surface area (Å²) >= 11 is 0. The summed E-state index contributed by atoms with van der Waals surface area (Å²) in [6.45, 7) is 4.12. The number of halogens is 2. The van der Waals surface area contributed by atoms with Crippen LogP contribution in [0.2, 0.25) is 0 Å². The lowest BCUT2D eigenvalue weighted by Crippen LogP contribution is -2.47. The Morgan fingerprint density at radius 3 is 2.58 bits per heavy atom. The zero-order valence-electron chi connectivity index (χ0n) is 13.8. The van der Waals surface area contributed by atoms with Crippen molar-refractivity contribution in [1.29, 1.82) is 0 Å². The molecule has 0 radical (unpaired) electrons. The first-order chi connectivity index (χ1) is 11.5. The third-order valence-electron chi connectivity index (χ3n) is 4.16. The Labute approximate surface area is 141 Å². The second-order valence-electron chi connectivity index (χ2n) is 5.96. The molecule has 0 heterocycles. The third kappa shape index (κ3) is 5.03. The van der Waals surface area contributed by atoms with Crippen LogP contribution in [0.4, 0.5) is 8.78 Å². The number of carbonyl (C=O) groups excluding carboxylic acids is 1. The molecule has 1 aliphatic rings. The molecule has 0 aliphatic heterocycles. The molecule has 1 aromatic rings. The van der Waals surface area contributed by atoms with E-state index in [2.05, 4.69) is 6.58 Å². The van der Waals surface area contributed by atoms with Gasteiger partial charge in [0.05, 0.1) is 0 Å². The topological polar surface area (TPSA) is 38.8 Å². The van der Waals surface area contributed by atoms with Crippen molar-refractivity contribution in [2.75, 3.05) is 20.3 Å². The number of nitrogens with zero attached hydrogens (tertiary/aromatic N) is 1. The lowest BCUT2D eigenvalue weighted by molar-refractivity contribution is -0.132. The van der Waals surface area contributed by atoms with Crippen molar-refractivity contribution < 1.29 is 23.0 Å². The Kier molecular flexibility index (Phi) is 6.73. The molecular formula is C18H23F2NO3. The maximum Gasteiger partial charge on any atom is 0.272 e. The van der Waals surface area contributed by atoms with Crippen LogP contribution >= 0.6 is 0 Å². The van der Waals surface area contributed by atoms with Crippen molar-refractivity contribution in [2.24, 2.45) is 5.92 Å². The molecule has 0 saturated heterocycles. The highest BCUT2D eigenvalue weighted by Gasteiger charge is 2.35. The monoisotopic (exact) mass is 339 g/mol. The van der Waals surface area contributed by atoms with Crippen molar-refractivity contribution >= 4 is 5.91 Å². The minimum atomic E-state index is -2.50. The number of hydrogen-bond acceptors (Lipinski definition) is 3. The predicted octanol–water partition coefficient (Wildman–Crippen LogP) is 3.27. The van der Waals surface area contributed by atoms with Gasteiger partial charge in [-0.1, -0.05) is 18.7 Å². The number of rotatable bonds is 9. The zero-order chi connectivity index (χ0) is 17.5. The van der Waals surface area contributed by atoms with E-state index in [1.807, 2.05) is 0 Å². The molecule has 24 heavy (non-hydrogen) atoms. The first-order valence-corrected chi connectivity index (χ1v) is 7.95. The fourth-order valence-corrected chi connectivity index (χ4v) is 2.88. The van der Waals surface area contributed by atoms with Gasteiger partial charge in [0.2, 0.25) is 5.91 Å². The van der Waals surface area contributed by atoms with E-state index in [1.165, 1.54) is 6.08 Å². The van der Waals surface area contributed by atoms with E-state index in [4.69, 9.17) is 9.47 Å². The quantitative estimate of drug-likeness (QED) is 0.648. The number of methoxy groups -OCH3 is 1. The zero-order valence-corrected chi connectivity index (χ0v) is 13.8. The first-order valence-electron chi connectivity index (χ1n) is 7.95. The van der Waals surface area contributed by atoms with Crippen molar-refractivity contribution in [2.45, 2.75) is 31.9 Å². The predicted molar refractivity (Wildman–Crippen MR) is 87.1 cm³/mol. The second-order valence-corrected chi connectivity index (χ2v) is 5.96. The van der Waals surface area contributed by atoms with Gasteiger partial charge in [-0.25, -0.2) is 8.78 Å². The summed E-state index contributed by atoms with van der Waals surface area (Å²) in [7, 11) is 1.68. The number of alkyl halides is 2. The minimum absolute atomic E-state index is 0.103. The van der Waals surface area contributed by atoms with Crippen molar-refractivity contribution in [3.8, 4) is 5.75 Å². The van der Waals surface area contributed by atoms with Crippen LogP contribution in [0.1, 0.15) is 18.4 Å². The molecule has 1 amide bonds. The molecule has 2 rings (SSSR count). The summed E-state index contributed by atoms with van der Waals surface area (Å²) in [6, 6.07) is 7.04. The number of ether oxygens (including phenoxy) is 2. The van der Waals surface area contributed by atoms with Gasteiger partial charge in [-0.3, -0.25) is 4.79 Å². The Bertz CT molecular complexity index is 542. The SMILES string of the molecule is C=CC(=O)N(Cc1ccc(OCC(F)F)cc1)C1CC(COC)C1. The third-order valence-corrected chi connectivity index (χ3v) is 4.16. The lowest BCUT2D eigenvalue weighted by atomic mass is 9.79. The van der Waals surface area contributed by atoms with Gasteiger partial charge >= 0.3 is 0 Å². The molecule has 1 fully saturated rings. The maximum absolute atomic E-state index is 12.1. The highest BCUT2D eigenvalue weighted by molar-refractivity contribution is 5.87. The molecule has 4 nitrogen and oxygen atoms in total. The van der Waals surface area contributed by atoms with E-state index in [0.29, 0.717) is 24.8 Å². The average molecular weight is 339 g/mol. The molecule has 0 aromatic heterocycles. The van der Waals surface area contributed by atoms with Crippen molar-refractivity contribution in [3.63, 3.8) is 0 Å². The van der Waals surface area contributed by atoms with E-state index < -0.39 is 13.0 Å². The molecule has 132 valence electrons. The van der Waals surface area contributed by atoms with Gasteiger partial charge in [-0.05, 0) is 42.5 Å². The van der Waals surface area contributed by atoms with E-state index in [-0.39, 0.29) is 11.9 Å². The lowest BCUT2D eigenvalue weighted by Gasteiger charge is -2.42. The Hall–Kier alpha value is -1.95. The van der Waals surface area contributed by atoms with Gasteiger partial charge in [0.15, 0.2) is 0 Å². The van der Waals surface area contributed by atoms with Gasteiger partial charge in [-0.15, -0.1) is 0 Å². The number of benzene rings is 1. The van der Waals surface area contributed by atoms with Crippen LogP contribution in [0.15, 0.2) is 36.9 Å². The Morgan fingerprint density at radius 2 is 2.04 bits per heavy atom. The van der Waals surface area contributed by atoms with Crippen LogP contribution in [0, 0.1) is 5.92 Å². The van der Waals surface area contributed by atoms with Gasteiger partial charge in [0.1, 0.15) is 12.4 Å². The molecule has 1 saturated carbocycles. The van der Waals surface area contributed by atoms with E-state index >= 15 is 0 Å². The van der Waals surface area contributed by atoms with E-state index in [1.54, 1.807) is 36.3 Å².